The molecule has 0 fully saturated rings. The Morgan fingerprint density at radius 3 is 2.00 bits per heavy atom. The maximum atomic E-state index is 2.20. The van der Waals surface area contributed by atoms with Gasteiger partial charge in [0.15, 0.2) is 0 Å². The van der Waals surface area contributed by atoms with E-state index >= 15 is 0 Å². The Morgan fingerprint density at radius 2 is 2.00 bits per heavy atom. The Kier molecular flexibility index (Phi) is 4.02. The molecule has 6 heavy (non-hydrogen) atoms. The van der Waals surface area contributed by atoms with Gasteiger partial charge in [0, 0.05) is 0 Å². The van der Waals surface area contributed by atoms with Crippen LogP contribution in [0.3, 0.4) is 0 Å². The van der Waals surface area contributed by atoms with Gasteiger partial charge in [-0.3, -0.25) is 0 Å². The van der Waals surface area contributed by atoms with Crippen LogP contribution in [0.25, 0.3) is 0 Å². The normalized spacial score (nSPS) is 10.0. The van der Waals surface area contributed by atoms with Crippen LogP contribution < -0.4 is 0 Å². The Labute approximate surface area is 48.2 Å². The molecule has 0 radical (unpaired) electrons. The van der Waals surface area contributed by atoms with E-state index in [1.54, 1.807) is 16.9 Å². The first-order chi connectivity index (χ1) is 2.77. The van der Waals surface area contributed by atoms with Gasteiger partial charge in [0.05, 0.1) is 0 Å². The fourth-order valence-electron chi connectivity index (χ4n) is 0.258. The molecule has 0 aromatic heterocycles. The maximum absolute atomic E-state index is 2.20. The Hall–Kier alpha value is 0.518. The molecule has 2 heteroatoms. The zero-order valence-electron chi connectivity index (χ0n) is 4.44. The molecule has 0 aromatic carbocycles. The monoisotopic (exact) mass is 149 g/mol. The summed E-state index contributed by atoms with van der Waals surface area (Å²) in [5.41, 5.74) is 0. The molecular formula is C4H12AsN. The van der Waals surface area contributed by atoms with E-state index in [1.807, 2.05) is 0 Å². The van der Waals surface area contributed by atoms with E-state index in [-0.39, 0.29) is 0 Å². The Bertz CT molecular complexity index is 28.7. The average Bonchev–Trinajstić information content (AvgIpc) is 1.35. The number of hydrogen-bond donors (Lipinski definition) is 0. The van der Waals surface area contributed by atoms with Gasteiger partial charge in [-0.1, -0.05) is 0 Å². The molecule has 0 saturated carbocycles. The van der Waals surface area contributed by atoms with Crippen molar-refractivity contribution in [3.63, 3.8) is 0 Å². The molecule has 0 bridgehead atoms. The summed E-state index contributed by atoms with van der Waals surface area (Å²) in [7, 11) is 4.19. The third kappa shape index (κ3) is 4.52. The van der Waals surface area contributed by atoms with E-state index < -0.39 is 0 Å². The molecule has 0 saturated heterocycles. The van der Waals surface area contributed by atoms with Gasteiger partial charge < -0.3 is 0 Å². The number of hydrogen-bond acceptors (Lipinski definition) is 1. The quantitative estimate of drug-likeness (QED) is 0.483. The molecule has 1 unspecified atom stereocenters. The third-order valence-corrected chi connectivity index (χ3v) is 1.12. The van der Waals surface area contributed by atoms with Gasteiger partial charge in [-0.15, -0.1) is 0 Å². The van der Waals surface area contributed by atoms with Crippen molar-refractivity contribution in [3.05, 3.63) is 0 Å². The third-order valence-electron chi connectivity index (χ3n) is 0.576. The van der Waals surface area contributed by atoms with E-state index in [0.29, 0.717) is 0 Å². The Morgan fingerprint density at radius 1 is 1.50 bits per heavy atom. The van der Waals surface area contributed by atoms with E-state index in [0.717, 1.165) is 0 Å². The van der Waals surface area contributed by atoms with Gasteiger partial charge in [-0.05, 0) is 0 Å². The molecule has 1 nitrogen and oxygen atoms in total. The van der Waals surface area contributed by atoms with Gasteiger partial charge in [0.2, 0.25) is 0 Å². The van der Waals surface area contributed by atoms with E-state index in [1.165, 1.54) is 11.8 Å². The van der Waals surface area contributed by atoms with Gasteiger partial charge in [-0.25, -0.2) is 0 Å². The van der Waals surface area contributed by atoms with Gasteiger partial charge >= 0.3 is 47.6 Å². The fraction of sp³-hybridized carbons (Fsp3) is 1.00. The van der Waals surface area contributed by atoms with Crippen LogP contribution >= 0.6 is 0 Å². The summed E-state index contributed by atoms with van der Waals surface area (Å²) in [6, 6.07) is 0. The number of nitrogens with zero attached hydrogens (tertiary/aromatic N) is 1. The first-order valence-corrected chi connectivity index (χ1v) is 3.83. The minimum absolute atomic E-state index is 1.24. The summed E-state index contributed by atoms with van der Waals surface area (Å²) in [5, 5.41) is 1.32. The van der Waals surface area contributed by atoms with Gasteiger partial charge in [0.25, 0.3) is 0 Å². The minimum atomic E-state index is 1.24. The van der Waals surface area contributed by atoms with Crippen LogP contribution in [0.1, 0.15) is 0 Å². The molecule has 0 aromatic rings. The summed E-state index contributed by atoms with van der Waals surface area (Å²) in [5.74, 6) is 0. The standard InChI is InChI=1S/C4H12AsN/c1-6(2)4-3-5/h3-5H2,1-2H3. The summed E-state index contributed by atoms with van der Waals surface area (Å²) >= 11 is 1.80. The van der Waals surface area contributed by atoms with Crippen LogP contribution in [0.15, 0.2) is 0 Å². The first kappa shape index (κ1) is 6.52. The zero-order valence-corrected chi connectivity index (χ0v) is 6.86. The molecule has 0 N–H and O–H groups in total. The predicted molar refractivity (Wildman–Crippen MR) is 31.9 cm³/mol. The molecule has 0 amide bonds. The number of rotatable bonds is 2. The molecule has 1 atom stereocenters. The second kappa shape index (κ2) is 3.70. The van der Waals surface area contributed by atoms with E-state index in [9.17, 15) is 0 Å². The van der Waals surface area contributed by atoms with E-state index in [4.69, 9.17) is 0 Å². The van der Waals surface area contributed by atoms with Crippen molar-refractivity contribution in [2.75, 3.05) is 20.6 Å². The van der Waals surface area contributed by atoms with Crippen LogP contribution in [-0.4, -0.2) is 42.4 Å². The van der Waals surface area contributed by atoms with Crippen molar-refractivity contribution in [1.82, 2.24) is 4.90 Å². The van der Waals surface area contributed by atoms with Crippen LogP contribution in [0.2, 0.25) is 5.21 Å². The zero-order chi connectivity index (χ0) is 4.99. The van der Waals surface area contributed by atoms with Crippen LogP contribution in [0, 0.1) is 0 Å². The van der Waals surface area contributed by atoms with Crippen LogP contribution in [0.5, 0.6) is 0 Å². The van der Waals surface area contributed by atoms with Gasteiger partial charge in [-0.2, -0.15) is 0 Å². The van der Waals surface area contributed by atoms with Crippen molar-refractivity contribution in [1.29, 1.82) is 0 Å². The van der Waals surface area contributed by atoms with Crippen molar-refractivity contribution < 1.29 is 0 Å². The fourth-order valence-corrected chi connectivity index (χ4v) is 1.34. The second-order valence-electron chi connectivity index (χ2n) is 1.59. The van der Waals surface area contributed by atoms with E-state index in [2.05, 4.69) is 19.0 Å². The molecule has 0 aliphatic rings. The molecule has 0 aliphatic carbocycles. The summed E-state index contributed by atoms with van der Waals surface area (Å²) in [6.07, 6.45) is 0. The topological polar surface area (TPSA) is 3.24 Å². The van der Waals surface area contributed by atoms with Gasteiger partial charge in [0.1, 0.15) is 0 Å². The summed E-state index contributed by atoms with van der Waals surface area (Å²) in [6.45, 7) is 1.24. The average molecular weight is 149 g/mol. The first-order valence-electron chi connectivity index (χ1n) is 2.12. The summed E-state index contributed by atoms with van der Waals surface area (Å²) in [4.78, 5) is 2.20. The molecule has 0 spiro atoms. The molecule has 38 valence electrons. The van der Waals surface area contributed by atoms with Crippen LogP contribution in [0.4, 0.5) is 0 Å². The molecule has 0 heterocycles. The predicted octanol–water partition coefficient (Wildman–Crippen LogP) is -0.401. The Balaban J connectivity index is 2.63. The van der Waals surface area contributed by atoms with Crippen molar-refractivity contribution in [2.24, 2.45) is 0 Å². The molecular weight excluding hydrogens is 137 g/mol. The van der Waals surface area contributed by atoms with Crippen molar-refractivity contribution in [3.8, 4) is 0 Å². The van der Waals surface area contributed by atoms with Crippen molar-refractivity contribution in [2.45, 2.75) is 5.21 Å². The van der Waals surface area contributed by atoms with Crippen LogP contribution in [-0.2, 0) is 0 Å². The molecule has 0 aliphatic heterocycles. The summed E-state index contributed by atoms with van der Waals surface area (Å²) < 4.78 is 0. The second-order valence-corrected chi connectivity index (χ2v) is 2.80. The SMILES string of the molecule is CN(C)CC[AsH2]. The molecule has 0 rings (SSSR count). The van der Waals surface area contributed by atoms with Crippen molar-refractivity contribution >= 4 is 16.9 Å².